The van der Waals surface area contributed by atoms with Crippen molar-refractivity contribution in [1.82, 2.24) is 4.90 Å². The molecule has 43 heavy (non-hydrogen) atoms. The van der Waals surface area contributed by atoms with Crippen LogP contribution in [0.25, 0.3) is 16.0 Å². The van der Waals surface area contributed by atoms with E-state index in [1.165, 1.54) is 15.3 Å². The normalized spacial score (nSPS) is 13.7. The Hall–Kier alpha value is -4.35. The third kappa shape index (κ3) is 8.59. The number of benzene rings is 3. The minimum atomic E-state index is -1.01. The molecular formula is C36H35NO5S. The predicted octanol–water partition coefficient (Wildman–Crippen LogP) is 6.69. The zero-order chi connectivity index (χ0) is 30.0. The number of hydrogen-bond donors (Lipinski definition) is 1. The minimum absolute atomic E-state index is 0.358. The van der Waals surface area contributed by atoms with Gasteiger partial charge in [-0.3, -0.25) is 4.90 Å². The summed E-state index contributed by atoms with van der Waals surface area (Å²) in [7, 11) is 0. The molecule has 1 aliphatic rings. The van der Waals surface area contributed by atoms with Crippen molar-refractivity contribution < 1.29 is 24.1 Å². The molecule has 0 amide bonds. The molecule has 0 atom stereocenters. The van der Waals surface area contributed by atoms with Gasteiger partial charge in [-0.25, -0.2) is 4.79 Å². The van der Waals surface area contributed by atoms with Crippen molar-refractivity contribution in [2.75, 3.05) is 46.1 Å². The summed E-state index contributed by atoms with van der Waals surface area (Å²) in [5.74, 6) is 6.80. The quantitative estimate of drug-likeness (QED) is 0.207. The Morgan fingerprint density at radius 3 is 2.33 bits per heavy atom. The first-order chi connectivity index (χ1) is 20.9. The second-order valence-electron chi connectivity index (χ2n) is 10.3. The fraction of sp³-hybridized carbons (Fsp3) is 0.250. The lowest BCUT2D eigenvalue weighted by Gasteiger charge is -2.24. The number of nitrogens with zero attached hydrogens (tertiary/aromatic N) is 1. The molecule has 2 heterocycles. The summed E-state index contributed by atoms with van der Waals surface area (Å²) in [5, 5.41) is 8.89. The standard InChI is InChI=1S/C36H35NO5S/c1-26-24-32(14-15-34(26)42-25-36(38)39)41-21-17-33(30-10-12-31(13-11-30)35-16-5-27(2)43-35)29-8-6-28(7-9-29)4-3-18-37-19-22-40-23-20-37/h5-17,24H,18-23,25H2,1-2H3,(H,38,39). The highest BCUT2D eigenvalue weighted by Crippen LogP contribution is 2.31. The van der Waals surface area contributed by atoms with Gasteiger partial charge < -0.3 is 19.3 Å². The van der Waals surface area contributed by atoms with Crippen LogP contribution in [0.5, 0.6) is 11.5 Å². The molecule has 6 nitrogen and oxygen atoms in total. The van der Waals surface area contributed by atoms with Crippen LogP contribution in [0.1, 0.15) is 27.1 Å². The molecule has 0 radical (unpaired) electrons. The van der Waals surface area contributed by atoms with Crippen LogP contribution in [0.2, 0.25) is 0 Å². The second kappa shape index (κ2) is 14.7. The lowest BCUT2D eigenvalue weighted by Crippen LogP contribution is -2.36. The number of aryl methyl sites for hydroxylation is 2. The third-order valence-electron chi connectivity index (χ3n) is 7.09. The van der Waals surface area contributed by atoms with Crippen molar-refractivity contribution in [3.05, 3.63) is 112 Å². The summed E-state index contributed by atoms with van der Waals surface area (Å²) in [6.07, 6.45) is 2.09. The van der Waals surface area contributed by atoms with Crippen molar-refractivity contribution in [3.8, 4) is 33.8 Å². The van der Waals surface area contributed by atoms with Crippen LogP contribution in [0, 0.1) is 25.7 Å². The van der Waals surface area contributed by atoms with Crippen LogP contribution in [0.15, 0.2) is 84.9 Å². The highest BCUT2D eigenvalue weighted by Gasteiger charge is 2.10. The summed E-state index contributed by atoms with van der Waals surface area (Å²) < 4.78 is 16.8. The lowest BCUT2D eigenvalue weighted by molar-refractivity contribution is -0.139. The summed E-state index contributed by atoms with van der Waals surface area (Å²) in [5.41, 5.74) is 6.24. The molecule has 1 fully saturated rings. The molecular weight excluding hydrogens is 558 g/mol. The van der Waals surface area contributed by atoms with Crippen LogP contribution in [-0.2, 0) is 9.53 Å². The lowest BCUT2D eigenvalue weighted by atomic mass is 9.95. The molecule has 0 aliphatic carbocycles. The molecule has 7 heteroatoms. The number of rotatable bonds is 10. The van der Waals surface area contributed by atoms with Crippen LogP contribution in [0.4, 0.5) is 0 Å². The molecule has 1 N–H and O–H groups in total. The van der Waals surface area contributed by atoms with Crippen molar-refractivity contribution in [3.63, 3.8) is 0 Å². The van der Waals surface area contributed by atoms with E-state index in [1.807, 2.05) is 13.0 Å². The number of carboxylic acid groups (broad SMARTS) is 1. The van der Waals surface area contributed by atoms with Gasteiger partial charge in [-0.15, -0.1) is 11.3 Å². The van der Waals surface area contributed by atoms with E-state index in [0.29, 0.717) is 18.1 Å². The van der Waals surface area contributed by atoms with Crippen molar-refractivity contribution in [2.45, 2.75) is 13.8 Å². The average Bonchev–Trinajstić information content (AvgIpc) is 3.46. The number of morpholine rings is 1. The Kier molecular flexibility index (Phi) is 10.3. The third-order valence-corrected chi connectivity index (χ3v) is 8.14. The predicted molar refractivity (Wildman–Crippen MR) is 172 cm³/mol. The summed E-state index contributed by atoms with van der Waals surface area (Å²) in [4.78, 5) is 15.7. The zero-order valence-corrected chi connectivity index (χ0v) is 25.3. The van der Waals surface area contributed by atoms with Gasteiger partial charge in [0, 0.05) is 28.4 Å². The Balaban J connectivity index is 1.33. The Bertz CT molecular complexity index is 1620. The van der Waals surface area contributed by atoms with Crippen LogP contribution in [0.3, 0.4) is 0 Å². The minimum Gasteiger partial charge on any atom is -0.489 e. The van der Waals surface area contributed by atoms with Gasteiger partial charge in [0.25, 0.3) is 0 Å². The maximum atomic E-state index is 10.8. The molecule has 1 aromatic heterocycles. The summed E-state index contributed by atoms with van der Waals surface area (Å²) >= 11 is 1.79. The van der Waals surface area contributed by atoms with E-state index in [2.05, 4.69) is 90.4 Å². The van der Waals surface area contributed by atoms with Crippen molar-refractivity contribution >= 4 is 22.9 Å². The number of ether oxygens (including phenoxy) is 3. The SMILES string of the molecule is Cc1ccc(-c2ccc(C(=CCOc3ccc(OCC(=O)O)c(C)c3)c3ccc(C#CCN4CCOCC4)cc3)cc2)s1. The molecule has 1 aliphatic heterocycles. The van der Waals surface area contributed by atoms with Crippen molar-refractivity contribution in [2.24, 2.45) is 0 Å². The number of carboxylic acids is 1. The number of hydrogen-bond acceptors (Lipinski definition) is 6. The van der Waals surface area contributed by atoms with Gasteiger partial charge in [-0.05, 0) is 90.2 Å². The van der Waals surface area contributed by atoms with Gasteiger partial charge in [-0.2, -0.15) is 0 Å². The van der Waals surface area contributed by atoms with E-state index in [1.54, 1.807) is 23.5 Å². The topological polar surface area (TPSA) is 68.2 Å². The van der Waals surface area contributed by atoms with Gasteiger partial charge in [0.2, 0.25) is 0 Å². The van der Waals surface area contributed by atoms with Crippen LogP contribution in [-0.4, -0.2) is 62.0 Å². The largest absolute Gasteiger partial charge is 0.489 e. The fourth-order valence-electron chi connectivity index (χ4n) is 4.79. The zero-order valence-electron chi connectivity index (χ0n) is 24.5. The monoisotopic (exact) mass is 593 g/mol. The molecule has 5 rings (SSSR count). The first-order valence-corrected chi connectivity index (χ1v) is 15.1. The molecule has 0 bridgehead atoms. The molecule has 0 unspecified atom stereocenters. The molecule has 1 saturated heterocycles. The highest BCUT2D eigenvalue weighted by atomic mass is 32.1. The smallest absolute Gasteiger partial charge is 0.341 e. The van der Waals surface area contributed by atoms with E-state index < -0.39 is 5.97 Å². The van der Waals surface area contributed by atoms with Gasteiger partial charge in [0.05, 0.1) is 19.8 Å². The van der Waals surface area contributed by atoms with Gasteiger partial charge >= 0.3 is 5.97 Å². The summed E-state index contributed by atoms with van der Waals surface area (Å²) in [6, 6.07) is 26.7. The van der Waals surface area contributed by atoms with E-state index >= 15 is 0 Å². The van der Waals surface area contributed by atoms with Gasteiger partial charge in [0.15, 0.2) is 6.61 Å². The molecule has 0 spiro atoms. The maximum Gasteiger partial charge on any atom is 0.341 e. The number of thiophene rings is 1. The maximum absolute atomic E-state index is 10.8. The van der Waals surface area contributed by atoms with Crippen LogP contribution < -0.4 is 9.47 Å². The second-order valence-corrected chi connectivity index (χ2v) is 11.6. The van der Waals surface area contributed by atoms with E-state index in [0.717, 1.165) is 60.7 Å². The summed E-state index contributed by atoms with van der Waals surface area (Å²) in [6.45, 7) is 8.12. The van der Waals surface area contributed by atoms with Gasteiger partial charge in [-0.1, -0.05) is 48.2 Å². The first kappa shape index (κ1) is 30.1. The Morgan fingerprint density at radius 1 is 0.953 bits per heavy atom. The average molecular weight is 594 g/mol. The Morgan fingerprint density at radius 2 is 1.67 bits per heavy atom. The highest BCUT2D eigenvalue weighted by molar-refractivity contribution is 7.15. The van der Waals surface area contributed by atoms with E-state index in [9.17, 15) is 4.79 Å². The Labute approximate surface area is 257 Å². The van der Waals surface area contributed by atoms with Crippen molar-refractivity contribution in [1.29, 1.82) is 0 Å². The van der Waals surface area contributed by atoms with Crippen LogP contribution >= 0.6 is 11.3 Å². The van der Waals surface area contributed by atoms with E-state index in [-0.39, 0.29) is 6.61 Å². The van der Waals surface area contributed by atoms with E-state index in [4.69, 9.17) is 19.3 Å². The molecule has 220 valence electrons. The molecule has 3 aromatic carbocycles. The first-order valence-electron chi connectivity index (χ1n) is 14.3. The number of carbonyl (C=O) groups is 1. The molecule has 0 saturated carbocycles. The fourth-order valence-corrected chi connectivity index (χ4v) is 5.66. The van der Waals surface area contributed by atoms with Gasteiger partial charge in [0.1, 0.15) is 18.1 Å². The molecule has 4 aromatic rings. The number of aliphatic carboxylic acids is 1.